The Balaban J connectivity index is 1.38. The number of pyridine rings is 1. The lowest BCUT2D eigenvalue weighted by molar-refractivity contribution is -0.132. The lowest BCUT2D eigenvalue weighted by Crippen LogP contribution is -2.48. The minimum absolute atomic E-state index is 0.0109. The molecular formula is C17H20N6O3. The molecular weight excluding hydrogens is 336 g/mol. The van der Waals surface area contributed by atoms with Gasteiger partial charge >= 0.3 is 6.03 Å². The summed E-state index contributed by atoms with van der Waals surface area (Å²) in [5, 5.41) is 13.4. The number of carbonyl (C=O) groups excluding carboxylic acids is 3. The molecule has 1 spiro atoms. The number of hydrogen-bond acceptors (Lipinski definition) is 5. The Bertz CT molecular complexity index is 870. The quantitative estimate of drug-likeness (QED) is 0.803. The van der Waals surface area contributed by atoms with E-state index in [1.165, 1.54) is 0 Å². The van der Waals surface area contributed by atoms with E-state index in [1.54, 1.807) is 16.7 Å². The highest BCUT2D eigenvalue weighted by Crippen LogP contribution is 2.33. The summed E-state index contributed by atoms with van der Waals surface area (Å²) < 4.78 is 1.66. The monoisotopic (exact) mass is 356 g/mol. The molecule has 1 saturated carbocycles. The highest BCUT2D eigenvalue weighted by atomic mass is 16.2. The molecule has 26 heavy (non-hydrogen) atoms. The van der Waals surface area contributed by atoms with Crippen LogP contribution < -0.4 is 10.6 Å². The van der Waals surface area contributed by atoms with Crippen molar-refractivity contribution in [1.29, 1.82) is 0 Å². The van der Waals surface area contributed by atoms with E-state index in [0.717, 1.165) is 24.2 Å². The molecule has 4 rings (SSSR count). The molecule has 2 aromatic heterocycles. The van der Waals surface area contributed by atoms with E-state index in [4.69, 9.17) is 0 Å². The zero-order valence-electron chi connectivity index (χ0n) is 14.3. The van der Waals surface area contributed by atoms with E-state index in [1.807, 2.05) is 12.1 Å². The summed E-state index contributed by atoms with van der Waals surface area (Å²) in [6, 6.07) is 5.01. The van der Waals surface area contributed by atoms with E-state index in [2.05, 4.69) is 20.8 Å². The van der Waals surface area contributed by atoms with Crippen LogP contribution in [0.5, 0.6) is 0 Å². The maximum absolute atomic E-state index is 12.7. The predicted molar refractivity (Wildman–Crippen MR) is 92.3 cm³/mol. The number of nitrogens with zero attached hydrogens (tertiary/aromatic N) is 4. The number of carbonyl (C=O) groups is 3. The Morgan fingerprint density at radius 2 is 2.00 bits per heavy atom. The van der Waals surface area contributed by atoms with Gasteiger partial charge in [-0.15, -0.1) is 10.2 Å². The molecule has 1 saturated heterocycles. The fourth-order valence-electron chi connectivity index (χ4n) is 3.70. The van der Waals surface area contributed by atoms with Crippen molar-refractivity contribution in [3.63, 3.8) is 0 Å². The van der Waals surface area contributed by atoms with Crippen molar-refractivity contribution >= 4 is 29.4 Å². The number of urea groups is 1. The average Bonchev–Trinajstić information content (AvgIpc) is 3.14. The summed E-state index contributed by atoms with van der Waals surface area (Å²) in [4.78, 5) is 38.3. The van der Waals surface area contributed by atoms with E-state index >= 15 is 0 Å². The predicted octanol–water partition coefficient (Wildman–Crippen LogP) is 1.31. The fourth-order valence-corrected chi connectivity index (χ4v) is 3.70. The van der Waals surface area contributed by atoms with Gasteiger partial charge in [0.15, 0.2) is 5.65 Å². The van der Waals surface area contributed by atoms with E-state index in [-0.39, 0.29) is 24.8 Å². The summed E-state index contributed by atoms with van der Waals surface area (Å²) in [6.07, 6.45) is 6.05. The second-order valence-electron chi connectivity index (χ2n) is 6.78. The molecule has 0 unspecified atom stereocenters. The smallest absolute Gasteiger partial charge is 0.323 e. The van der Waals surface area contributed by atoms with E-state index < -0.39 is 11.6 Å². The molecule has 0 radical (unpaired) electrons. The van der Waals surface area contributed by atoms with Crippen LogP contribution in [0.15, 0.2) is 24.4 Å². The number of imide groups is 1. The van der Waals surface area contributed by atoms with Crippen molar-refractivity contribution in [2.75, 3.05) is 11.9 Å². The molecule has 2 N–H and O–H groups in total. The molecule has 0 atom stereocenters. The minimum Gasteiger partial charge on any atom is -0.323 e. The number of amides is 4. The van der Waals surface area contributed by atoms with E-state index in [9.17, 15) is 14.4 Å². The van der Waals surface area contributed by atoms with Crippen LogP contribution in [0.25, 0.3) is 5.65 Å². The van der Waals surface area contributed by atoms with Crippen LogP contribution in [0, 0.1) is 0 Å². The van der Waals surface area contributed by atoms with Crippen molar-refractivity contribution in [3.8, 4) is 0 Å². The van der Waals surface area contributed by atoms with Gasteiger partial charge in [0.05, 0.1) is 0 Å². The Kier molecular flexibility index (Phi) is 4.06. The highest BCUT2D eigenvalue weighted by Gasteiger charge is 2.51. The molecule has 9 heteroatoms. The third-order valence-electron chi connectivity index (χ3n) is 5.08. The largest absolute Gasteiger partial charge is 0.325 e. The van der Waals surface area contributed by atoms with Gasteiger partial charge in [0.1, 0.15) is 5.54 Å². The third kappa shape index (κ3) is 2.79. The van der Waals surface area contributed by atoms with Gasteiger partial charge in [-0.25, -0.2) is 4.79 Å². The van der Waals surface area contributed by atoms with Crippen molar-refractivity contribution in [2.45, 2.75) is 44.1 Å². The molecule has 136 valence electrons. The Morgan fingerprint density at radius 1 is 1.19 bits per heavy atom. The summed E-state index contributed by atoms with van der Waals surface area (Å²) in [6.45, 7) is 0.0506. The van der Waals surface area contributed by atoms with Crippen LogP contribution in [0.2, 0.25) is 0 Å². The van der Waals surface area contributed by atoms with Gasteiger partial charge in [0, 0.05) is 19.2 Å². The second-order valence-corrected chi connectivity index (χ2v) is 6.78. The van der Waals surface area contributed by atoms with Gasteiger partial charge in [-0.3, -0.25) is 24.2 Å². The minimum atomic E-state index is -0.755. The molecule has 2 aromatic rings. The summed E-state index contributed by atoms with van der Waals surface area (Å²) in [5.74, 6) is -0.220. The van der Waals surface area contributed by atoms with Crippen molar-refractivity contribution < 1.29 is 14.4 Å². The van der Waals surface area contributed by atoms with Gasteiger partial charge in [-0.2, -0.15) is 0 Å². The number of anilines is 1. The molecule has 0 aromatic carbocycles. The first-order chi connectivity index (χ1) is 12.6. The Hall–Kier alpha value is -2.97. The molecule has 3 heterocycles. The molecule has 2 aliphatic rings. The first-order valence-electron chi connectivity index (χ1n) is 8.83. The number of rotatable bonds is 4. The van der Waals surface area contributed by atoms with Gasteiger partial charge in [-0.05, 0) is 25.0 Å². The lowest BCUT2D eigenvalue weighted by Gasteiger charge is -2.30. The summed E-state index contributed by atoms with van der Waals surface area (Å²) >= 11 is 0. The zero-order chi connectivity index (χ0) is 18.1. The average molecular weight is 356 g/mol. The maximum atomic E-state index is 12.7. The van der Waals surface area contributed by atoms with Gasteiger partial charge < -0.3 is 5.32 Å². The van der Waals surface area contributed by atoms with Gasteiger partial charge in [-0.1, -0.05) is 25.3 Å². The topological polar surface area (TPSA) is 109 Å². The lowest BCUT2D eigenvalue weighted by atomic mass is 9.82. The molecule has 1 aliphatic carbocycles. The molecule has 2 fully saturated rings. The standard InChI is InChI=1S/C17H20N6O3/c24-13(18-15-21-20-12-6-2-5-10-22(12)15)7-11-23-14(25)17(19-16(23)26)8-3-1-4-9-17/h2,5-6,10H,1,3-4,7-9,11H2,(H,19,26)(H,18,21,24). The van der Waals surface area contributed by atoms with Crippen molar-refractivity contribution in [2.24, 2.45) is 0 Å². The molecule has 9 nitrogen and oxygen atoms in total. The van der Waals surface area contributed by atoms with Crippen LogP contribution in [0.3, 0.4) is 0 Å². The van der Waals surface area contributed by atoms with Crippen LogP contribution in [-0.4, -0.2) is 49.4 Å². The molecule has 0 bridgehead atoms. The first kappa shape index (κ1) is 16.5. The summed E-state index contributed by atoms with van der Waals surface area (Å²) in [7, 11) is 0. The number of nitrogens with one attached hydrogen (secondary N) is 2. The van der Waals surface area contributed by atoms with E-state index in [0.29, 0.717) is 24.4 Å². The Labute approximate surface area is 149 Å². The maximum Gasteiger partial charge on any atom is 0.325 e. The van der Waals surface area contributed by atoms with Crippen LogP contribution in [0.4, 0.5) is 10.7 Å². The number of aromatic nitrogens is 3. The second kappa shape index (κ2) is 6.40. The van der Waals surface area contributed by atoms with Crippen molar-refractivity contribution in [1.82, 2.24) is 24.8 Å². The fraction of sp³-hybridized carbons (Fsp3) is 0.471. The molecule has 4 amide bonds. The van der Waals surface area contributed by atoms with Crippen LogP contribution >= 0.6 is 0 Å². The highest BCUT2D eigenvalue weighted by molar-refractivity contribution is 6.07. The van der Waals surface area contributed by atoms with Crippen LogP contribution in [-0.2, 0) is 9.59 Å². The Morgan fingerprint density at radius 3 is 2.81 bits per heavy atom. The SMILES string of the molecule is O=C(CCN1C(=O)NC2(CCCCC2)C1=O)Nc1nnc2ccccn12. The number of hydrogen-bond donors (Lipinski definition) is 2. The normalized spacial score (nSPS) is 19.2. The third-order valence-corrected chi connectivity index (χ3v) is 5.08. The first-order valence-corrected chi connectivity index (χ1v) is 8.83. The molecule has 1 aliphatic heterocycles. The summed E-state index contributed by atoms with van der Waals surface area (Å²) in [5.41, 5.74) is -0.134. The van der Waals surface area contributed by atoms with Gasteiger partial charge in [0.25, 0.3) is 5.91 Å². The van der Waals surface area contributed by atoms with Crippen LogP contribution in [0.1, 0.15) is 38.5 Å². The van der Waals surface area contributed by atoms with Crippen molar-refractivity contribution in [3.05, 3.63) is 24.4 Å². The zero-order valence-corrected chi connectivity index (χ0v) is 14.3. The number of fused-ring (bicyclic) bond motifs is 1. The van der Waals surface area contributed by atoms with Gasteiger partial charge in [0.2, 0.25) is 11.9 Å².